The number of fused-ring (bicyclic) bond motifs is 1. The Labute approximate surface area is 177 Å². The second-order valence-corrected chi connectivity index (χ2v) is 7.20. The number of carbonyl (C=O) groups excluding carboxylic acids is 1. The Kier molecular flexibility index (Phi) is 5.31. The van der Waals surface area contributed by atoms with Crippen molar-refractivity contribution in [2.75, 3.05) is 23.5 Å². The van der Waals surface area contributed by atoms with Gasteiger partial charge >= 0.3 is 12.2 Å². The van der Waals surface area contributed by atoms with Crippen LogP contribution in [0.4, 0.5) is 35.0 Å². The molecule has 0 unspecified atom stereocenters. The highest BCUT2D eigenvalue weighted by Gasteiger charge is 2.38. The zero-order valence-corrected chi connectivity index (χ0v) is 17.0. The zero-order valence-electron chi connectivity index (χ0n) is 17.0. The molecule has 0 aliphatic carbocycles. The average Bonchev–Trinajstić information content (AvgIpc) is 3.17. The van der Waals surface area contributed by atoms with E-state index >= 15 is 0 Å². The maximum Gasteiger partial charge on any atom is 0.420 e. The minimum Gasteiger partial charge on any atom is -0.496 e. The zero-order chi connectivity index (χ0) is 22.2. The van der Waals surface area contributed by atoms with Gasteiger partial charge in [-0.1, -0.05) is 18.2 Å². The lowest BCUT2D eigenvalue weighted by Crippen LogP contribution is -2.40. The number of rotatable bonds is 3. The van der Waals surface area contributed by atoms with Crippen LogP contribution in [0.2, 0.25) is 0 Å². The summed E-state index contributed by atoms with van der Waals surface area (Å²) >= 11 is 0. The van der Waals surface area contributed by atoms with Crippen molar-refractivity contribution in [2.24, 2.45) is 0 Å². The van der Waals surface area contributed by atoms with Crippen LogP contribution in [0.5, 0.6) is 5.75 Å². The molecule has 0 fully saturated rings. The monoisotopic (exact) mass is 427 g/mol. The minimum absolute atomic E-state index is 0.237. The Morgan fingerprint density at radius 1 is 1.16 bits per heavy atom. The van der Waals surface area contributed by atoms with Crippen LogP contribution in [0.1, 0.15) is 16.7 Å². The first-order valence-electron chi connectivity index (χ1n) is 9.66. The minimum atomic E-state index is -4.60. The fourth-order valence-corrected chi connectivity index (χ4v) is 3.74. The number of carbonyl (C=O) groups is 1. The maximum atomic E-state index is 13.7. The molecule has 4 rings (SSSR count). The van der Waals surface area contributed by atoms with Crippen LogP contribution in [-0.4, -0.2) is 24.7 Å². The van der Waals surface area contributed by atoms with Gasteiger partial charge in [-0.05, 0) is 54.8 Å². The standard InChI is InChI=1S/C23H20F3N3O2/c1-15-8-10-27-14-20(15)29(17-6-4-3-5-7-17)22(30)28-11-9-16-12-21(31-2)18(13-19(16)28)23(24,25)26/h3-8,10,12-14H,9,11H2,1-2H3. The van der Waals surface area contributed by atoms with E-state index < -0.39 is 17.8 Å². The highest BCUT2D eigenvalue weighted by Crippen LogP contribution is 2.43. The molecule has 0 atom stereocenters. The van der Waals surface area contributed by atoms with Gasteiger partial charge in [-0.25, -0.2) is 4.79 Å². The van der Waals surface area contributed by atoms with Gasteiger partial charge < -0.3 is 4.74 Å². The van der Waals surface area contributed by atoms with Gasteiger partial charge in [-0.2, -0.15) is 13.2 Å². The number of benzene rings is 2. The van der Waals surface area contributed by atoms with E-state index in [1.807, 2.05) is 13.0 Å². The number of aromatic nitrogens is 1. The SMILES string of the molecule is COc1cc2c(cc1C(F)(F)F)N(C(=O)N(c1ccccc1)c1cnccc1C)CC2. The van der Waals surface area contributed by atoms with Crippen molar-refractivity contribution in [3.63, 3.8) is 0 Å². The quantitative estimate of drug-likeness (QED) is 0.536. The first-order valence-corrected chi connectivity index (χ1v) is 9.66. The van der Waals surface area contributed by atoms with Crippen molar-refractivity contribution in [1.29, 1.82) is 0 Å². The van der Waals surface area contributed by atoms with Gasteiger partial charge in [-0.15, -0.1) is 0 Å². The Morgan fingerprint density at radius 3 is 2.55 bits per heavy atom. The molecular formula is C23H20F3N3O2. The number of anilines is 3. The number of alkyl halides is 3. The Balaban J connectivity index is 1.81. The van der Waals surface area contributed by atoms with Crippen molar-refractivity contribution < 1.29 is 22.7 Å². The van der Waals surface area contributed by atoms with Gasteiger partial charge in [0, 0.05) is 18.4 Å². The van der Waals surface area contributed by atoms with E-state index in [0.717, 1.165) is 11.6 Å². The van der Waals surface area contributed by atoms with Crippen LogP contribution in [0.15, 0.2) is 60.9 Å². The number of urea groups is 1. The second-order valence-electron chi connectivity index (χ2n) is 7.20. The summed E-state index contributed by atoms with van der Waals surface area (Å²) in [5.74, 6) is -0.247. The largest absolute Gasteiger partial charge is 0.496 e. The predicted octanol–water partition coefficient (Wildman–Crippen LogP) is 5.74. The summed E-state index contributed by atoms with van der Waals surface area (Å²) in [6, 6.07) is 12.7. The third kappa shape index (κ3) is 3.81. The molecule has 160 valence electrons. The molecule has 0 spiro atoms. The van der Waals surface area contributed by atoms with Gasteiger partial charge in [-0.3, -0.25) is 14.8 Å². The lowest BCUT2D eigenvalue weighted by atomic mass is 10.1. The van der Waals surface area contributed by atoms with Crippen molar-refractivity contribution in [1.82, 2.24) is 4.98 Å². The maximum absolute atomic E-state index is 13.7. The molecule has 1 aliphatic rings. The smallest absolute Gasteiger partial charge is 0.420 e. The first-order chi connectivity index (χ1) is 14.8. The highest BCUT2D eigenvalue weighted by molar-refractivity contribution is 6.09. The second kappa shape index (κ2) is 7.94. The molecule has 31 heavy (non-hydrogen) atoms. The molecule has 5 nitrogen and oxygen atoms in total. The number of hydrogen-bond donors (Lipinski definition) is 0. The number of para-hydroxylation sites is 1. The fraction of sp³-hybridized carbons (Fsp3) is 0.217. The average molecular weight is 427 g/mol. The predicted molar refractivity (Wildman–Crippen MR) is 112 cm³/mol. The number of nitrogens with zero attached hydrogens (tertiary/aromatic N) is 3. The summed E-state index contributed by atoms with van der Waals surface area (Å²) in [7, 11) is 1.21. The lowest BCUT2D eigenvalue weighted by molar-refractivity contribution is -0.138. The summed E-state index contributed by atoms with van der Waals surface area (Å²) in [5, 5.41) is 0. The highest BCUT2D eigenvalue weighted by atomic mass is 19.4. The van der Waals surface area contributed by atoms with Gasteiger partial charge in [0.25, 0.3) is 0 Å². The third-order valence-electron chi connectivity index (χ3n) is 5.29. The Bertz CT molecular complexity index is 1120. The first kappa shape index (κ1) is 20.7. The van der Waals surface area contributed by atoms with Gasteiger partial charge in [0.1, 0.15) is 5.75 Å². The number of halogens is 3. The molecule has 1 aliphatic heterocycles. The molecule has 0 bridgehead atoms. The summed E-state index contributed by atoms with van der Waals surface area (Å²) in [4.78, 5) is 20.7. The number of ether oxygens (including phenoxy) is 1. The molecule has 2 aromatic carbocycles. The van der Waals surface area contributed by atoms with E-state index in [-0.39, 0.29) is 18.0 Å². The summed E-state index contributed by atoms with van der Waals surface area (Å²) < 4.78 is 45.7. The normalized spacial score (nSPS) is 13.1. The molecule has 0 saturated carbocycles. The molecule has 2 amide bonds. The number of pyridine rings is 1. The summed E-state index contributed by atoms with van der Waals surface area (Å²) in [5.41, 5.74) is 1.95. The van der Waals surface area contributed by atoms with Crippen LogP contribution in [0, 0.1) is 6.92 Å². The molecule has 3 aromatic rings. The topological polar surface area (TPSA) is 45.7 Å². The van der Waals surface area contributed by atoms with Gasteiger partial charge in [0.05, 0.1) is 30.2 Å². The van der Waals surface area contributed by atoms with E-state index in [1.54, 1.807) is 42.7 Å². The molecule has 0 saturated heterocycles. The molecule has 2 heterocycles. The summed E-state index contributed by atoms with van der Waals surface area (Å²) in [6.07, 6.45) is -0.965. The number of hydrogen-bond acceptors (Lipinski definition) is 3. The van der Waals surface area contributed by atoms with Crippen LogP contribution in [0.3, 0.4) is 0 Å². The molecular weight excluding hydrogens is 407 g/mol. The van der Waals surface area contributed by atoms with Crippen molar-refractivity contribution >= 4 is 23.1 Å². The van der Waals surface area contributed by atoms with Gasteiger partial charge in [0.15, 0.2) is 0 Å². The van der Waals surface area contributed by atoms with Crippen LogP contribution < -0.4 is 14.5 Å². The Morgan fingerprint density at radius 2 is 1.90 bits per heavy atom. The number of aryl methyl sites for hydroxylation is 1. The van der Waals surface area contributed by atoms with E-state index in [2.05, 4.69) is 4.98 Å². The molecule has 0 N–H and O–H groups in total. The van der Waals surface area contributed by atoms with Crippen LogP contribution in [0.25, 0.3) is 0 Å². The van der Waals surface area contributed by atoms with E-state index in [4.69, 9.17) is 4.74 Å². The van der Waals surface area contributed by atoms with Crippen molar-refractivity contribution in [3.8, 4) is 5.75 Å². The van der Waals surface area contributed by atoms with E-state index in [1.165, 1.54) is 23.0 Å². The number of methoxy groups -OCH3 is 1. The van der Waals surface area contributed by atoms with E-state index in [9.17, 15) is 18.0 Å². The lowest BCUT2D eigenvalue weighted by Gasteiger charge is -2.29. The van der Waals surface area contributed by atoms with Crippen molar-refractivity contribution in [2.45, 2.75) is 19.5 Å². The summed E-state index contributed by atoms with van der Waals surface area (Å²) in [6.45, 7) is 2.12. The molecule has 8 heteroatoms. The van der Waals surface area contributed by atoms with E-state index in [0.29, 0.717) is 23.4 Å². The van der Waals surface area contributed by atoms with Crippen LogP contribution >= 0.6 is 0 Å². The van der Waals surface area contributed by atoms with Gasteiger partial charge in [0.2, 0.25) is 0 Å². The van der Waals surface area contributed by atoms with Crippen molar-refractivity contribution in [3.05, 3.63) is 77.6 Å². The molecule has 1 aromatic heterocycles. The Hall–Kier alpha value is -3.55. The fourth-order valence-electron chi connectivity index (χ4n) is 3.74. The molecule has 0 radical (unpaired) electrons. The number of amides is 2. The third-order valence-corrected chi connectivity index (χ3v) is 5.29. The van der Waals surface area contributed by atoms with Crippen LogP contribution in [-0.2, 0) is 12.6 Å².